The molecule has 0 spiro atoms. The molecule has 22 heavy (non-hydrogen) atoms. The number of anilines is 1. The van der Waals surface area contributed by atoms with Gasteiger partial charge in [0.05, 0.1) is 11.9 Å². The number of nitrogens with zero attached hydrogens (tertiary/aromatic N) is 1. The molecule has 5 nitrogen and oxygen atoms in total. The van der Waals surface area contributed by atoms with Crippen molar-refractivity contribution in [3.63, 3.8) is 0 Å². The number of carbonyl (C=O) groups is 1. The van der Waals surface area contributed by atoms with Gasteiger partial charge in [-0.2, -0.15) is 0 Å². The topological polar surface area (TPSA) is 66.5 Å². The quantitative estimate of drug-likeness (QED) is 0.903. The Hall–Kier alpha value is -1.56. The second kappa shape index (κ2) is 6.69. The zero-order valence-electron chi connectivity index (χ0n) is 14.2. The Morgan fingerprint density at radius 2 is 1.68 bits per heavy atom. The van der Waals surface area contributed by atoms with Crippen molar-refractivity contribution in [2.24, 2.45) is 0 Å². The Morgan fingerprint density at radius 3 is 2.09 bits per heavy atom. The highest BCUT2D eigenvalue weighted by molar-refractivity contribution is 7.92. The number of benzene rings is 1. The number of nitrogens with one attached hydrogen (secondary N) is 1. The lowest BCUT2D eigenvalue weighted by atomic mass is 10.1. The summed E-state index contributed by atoms with van der Waals surface area (Å²) in [4.78, 5) is 12.0. The summed E-state index contributed by atoms with van der Waals surface area (Å²) >= 11 is 0. The van der Waals surface area contributed by atoms with Crippen molar-refractivity contribution >= 4 is 21.6 Å². The molecule has 1 aromatic carbocycles. The third kappa shape index (κ3) is 5.33. The van der Waals surface area contributed by atoms with E-state index < -0.39 is 10.0 Å². The molecule has 0 heterocycles. The summed E-state index contributed by atoms with van der Waals surface area (Å²) in [7, 11) is -3.45. The lowest BCUT2D eigenvalue weighted by Gasteiger charge is -2.27. The molecule has 124 valence electrons. The minimum Gasteiger partial charge on any atom is -0.351 e. The standard InChI is InChI=1S/C16H26N2O3S/c1-12-8-7-9-13(2)15(12)18(22(6,20)21)11-10-14(19)17-16(3,4)5/h7-9H,10-11H2,1-6H3,(H,17,19). The van der Waals surface area contributed by atoms with Crippen LogP contribution in [0.5, 0.6) is 0 Å². The number of amides is 1. The van der Waals surface area contributed by atoms with Gasteiger partial charge >= 0.3 is 0 Å². The SMILES string of the molecule is Cc1cccc(C)c1N(CCC(=O)NC(C)(C)C)S(C)(=O)=O. The lowest BCUT2D eigenvalue weighted by molar-refractivity contribution is -0.122. The van der Waals surface area contributed by atoms with Crippen LogP contribution in [-0.4, -0.2) is 32.7 Å². The van der Waals surface area contributed by atoms with E-state index in [0.717, 1.165) is 11.1 Å². The molecule has 0 unspecified atom stereocenters. The van der Waals surface area contributed by atoms with E-state index in [1.807, 2.05) is 52.8 Å². The largest absolute Gasteiger partial charge is 0.351 e. The molecular formula is C16H26N2O3S. The van der Waals surface area contributed by atoms with Gasteiger partial charge in [0.15, 0.2) is 0 Å². The summed E-state index contributed by atoms with van der Waals surface area (Å²) in [6, 6.07) is 5.63. The smallest absolute Gasteiger partial charge is 0.232 e. The first-order valence-corrected chi connectivity index (χ1v) is 9.11. The van der Waals surface area contributed by atoms with Crippen LogP contribution < -0.4 is 9.62 Å². The maximum atomic E-state index is 12.1. The van der Waals surface area contributed by atoms with Crippen molar-refractivity contribution in [2.45, 2.75) is 46.6 Å². The van der Waals surface area contributed by atoms with Crippen molar-refractivity contribution in [2.75, 3.05) is 17.1 Å². The highest BCUT2D eigenvalue weighted by atomic mass is 32.2. The number of carbonyl (C=O) groups excluding carboxylic acids is 1. The van der Waals surface area contributed by atoms with Gasteiger partial charge in [0.25, 0.3) is 0 Å². The van der Waals surface area contributed by atoms with Gasteiger partial charge in [0.1, 0.15) is 0 Å². The Labute approximate surface area is 133 Å². The number of aryl methyl sites for hydroxylation is 2. The number of hydrogen-bond donors (Lipinski definition) is 1. The molecule has 0 radical (unpaired) electrons. The number of hydrogen-bond acceptors (Lipinski definition) is 3. The molecule has 0 aromatic heterocycles. The van der Waals surface area contributed by atoms with Crippen LogP contribution in [0.25, 0.3) is 0 Å². The summed E-state index contributed by atoms with van der Waals surface area (Å²) in [5.41, 5.74) is 2.09. The molecule has 1 amide bonds. The van der Waals surface area contributed by atoms with Crippen molar-refractivity contribution in [3.05, 3.63) is 29.3 Å². The van der Waals surface area contributed by atoms with Gasteiger partial charge in [-0.15, -0.1) is 0 Å². The predicted octanol–water partition coefficient (Wildman–Crippen LogP) is 2.37. The second-order valence-electron chi connectivity index (χ2n) is 6.62. The maximum absolute atomic E-state index is 12.1. The first-order chi connectivity index (χ1) is 9.92. The van der Waals surface area contributed by atoms with Crippen LogP contribution in [0.3, 0.4) is 0 Å². The van der Waals surface area contributed by atoms with Crippen molar-refractivity contribution in [1.82, 2.24) is 5.32 Å². The van der Waals surface area contributed by atoms with E-state index >= 15 is 0 Å². The molecule has 0 bridgehead atoms. The van der Waals surface area contributed by atoms with Gasteiger partial charge in [-0.1, -0.05) is 18.2 Å². The average molecular weight is 326 g/mol. The number of rotatable bonds is 5. The van der Waals surface area contributed by atoms with E-state index in [-0.39, 0.29) is 24.4 Å². The highest BCUT2D eigenvalue weighted by Crippen LogP contribution is 2.26. The molecule has 1 rings (SSSR count). The Kier molecular flexibility index (Phi) is 5.62. The number of sulfonamides is 1. The molecular weight excluding hydrogens is 300 g/mol. The molecule has 0 atom stereocenters. The molecule has 0 saturated carbocycles. The average Bonchev–Trinajstić information content (AvgIpc) is 2.28. The van der Waals surface area contributed by atoms with Crippen LogP contribution in [0, 0.1) is 13.8 Å². The van der Waals surface area contributed by atoms with E-state index in [0.29, 0.717) is 5.69 Å². The maximum Gasteiger partial charge on any atom is 0.232 e. The van der Waals surface area contributed by atoms with Crippen LogP contribution in [0.15, 0.2) is 18.2 Å². The zero-order chi connectivity index (χ0) is 17.1. The summed E-state index contributed by atoms with van der Waals surface area (Å²) in [6.45, 7) is 9.55. The predicted molar refractivity (Wildman–Crippen MR) is 90.6 cm³/mol. The van der Waals surface area contributed by atoms with E-state index in [1.165, 1.54) is 10.6 Å². The van der Waals surface area contributed by atoms with Crippen molar-refractivity contribution in [3.8, 4) is 0 Å². The summed E-state index contributed by atoms with van der Waals surface area (Å²) in [5.74, 6) is -0.160. The molecule has 0 aliphatic carbocycles. The van der Waals surface area contributed by atoms with Crippen LogP contribution in [0.2, 0.25) is 0 Å². The van der Waals surface area contributed by atoms with Crippen molar-refractivity contribution in [1.29, 1.82) is 0 Å². The fraction of sp³-hybridized carbons (Fsp3) is 0.562. The molecule has 0 aliphatic heterocycles. The molecule has 1 aromatic rings. The third-order valence-electron chi connectivity index (χ3n) is 3.15. The normalized spacial score (nSPS) is 12.1. The number of para-hydroxylation sites is 1. The van der Waals surface area contributed by atoms with Gasteiger partial charge in [-0.05, 0) is 45.7 Å². The summed E-state index contributed by atoms with van der Waals surface area (Å²) in [5, 5.41) is 2.85. The summed E-state index contributed by atoms with van der Waals surface area (Å²) in [6.07, 6.45) is 1.29. The molecule has 0 aliphatic rings. The van der Waals surface area contributed by atoms with Gasteiger partial charge in [0.2, 0.25) is 15.9 Å². The third-order valence-corrected chi connectivity index (χ3v) is 4.31. The fourth-order valence-electron chi connectivity index (χ4n) is 2.33. The van der Waals surface area contributed by atoms with Gasteiger partial charge in [-0.25, -0.2) is 8.42 Å². The minimum atomic E-state index is -3.45. The second-order valence-corrected chi connectivity index (χ2v) is 8.53. The minimum absolute atomic E-state index is 0.123. The Bertz CT molecular complexity index is 626. The first kappa shape index (κ1) is 18.5. The molecule has 6 heteroatoms. The highest BCUT2D eigenvalue weighted by Gasteiger charge is 2.22. The van der Waals surface area contributed by atoms with Crippen molar-refractivity contribution < 1.29 is 13.2 Å². The monoisotopic (exact) mass is 326 g/mol. The zero-order valence-corrected chi connectivity index (χ0v) is 15.0. The van der Waals surface area contributed by atoms with Crippen LogP contribution in [0.1, 0.15) is 38.3 Å². The van der Waals surface area contributed by atoms with Crippen LogP contribution in [0.4, 0.5) is 5.69 Å². The fourth-order valence-corrected chi connectivity index (χ4v) is 3.37. The Morgan fingerprint density at radius 1 is 1.18 bits per heavy atom. The van der Waals surface area contributed by atoms with E-state index in [2.05, 4.69) is 5.32 Å². The molecule has 1 N–H and O–H groups in total. The van der Waals surface area contributed by atoms with Gasteiger partial charge in [0, 0.05) is 18.5 Å². The Balaban J connectivity index is 3.00. The van der Waals surface area contributed by atoms with E-state index in [1.54, 1.807) is 0 Å². The summed E-state index contributed by atoms with van der Waals surface area (Å²) < 4.78 is 25.6. The first-order valence-electron chi connectivity index (χ1n) is 7.27. The van der Waals surface area contributed by atoms with Gasteiger partial charge < -0.3 is 5.32 Å². The van der Waals surface area contributed by atoms with Gasteiger partial charge in [-0.3, -0.25) is 9.10 Å². The van der Waals surface area contributed by atoms with E-state index in [9.17, 15) is 13.2 Å². The van der Waals surface area contributed by atoms with Crippen LogP contribution >= 0.6 is 0 Å². The lowest BCUT2D eigenvalue weighted by Crippen LogP contribution is -2.42. The van der Waals surface area contributed by atoms with E-state index in [4.69, 9.17) is 0 Å². The van der Waals surface area contributed by atoms with Crippen LogP contribution in [-0.2, 0) is 14.8 Å². The molecule has 0 fully saturated rings. The molecule has 0 saturated heterocycles.